The van der Waals surface area contributed by atoms with E-state index >= 15 is 0 Å². The molecule has 1 aromatic rings. The van der Waals surface area contributed by atoms with E-state index in [0.717, 1.165) is 18.3 Å². The van der Waals surface area contributed by atoms with Gasteiger partial charge >= 0.3 is 0 Å². The monoisotopic (exact) mass is 292 g/mol. The Kier molecular flexibility index (Phi) is 4.46. The molecule has 0 saturated heterocycles. The van der Waals surface area contributed by atoms with E-state index in [9.17, 15) is 0 Å². The SMILES string of the molecule is Cc1nc(CC2(N)CCCCC2C2CCCCC2)cs1. The molecule has 2 saturated carbocycles. The van der Waals surface area contributed by atoms with Crippen molar-refractivity contribution in [2.45, 2.75) is 76.7 Å². The number of nitrogens with zero attached hydrogens (tertiary/aromatic N) is 1. The molecular weight excluding hydrogens is 264 g/mol. The Bertz CT molecular complexity index is 436. The van der Waals surface area contributed by atoms with Gasteiger partial charge in [0.25, 0.3) is 0 Å². The van der Waals surface area contributed by atoms with Crippen molar-refractivity contribution in [1.82, 2.24) is 4.98 Å². The second-order valence-corrected chi connectivity index (χ2v) is 8.08. The minimum atomic E-state index is 0.0147. The molecular formula is C17H28N2S. The second-order valence-electron chi connectivity index (χ2n) is 7.02. The zero-order valence-corrected chi connectivity index (χ0v) is 13.6. The maximum atomic E-state index is 6.94. The quantitative estimate of drug-likeness (QED) is 0.893. The molecule has 1 aromatic heterocycles. The molecule has 2 aliphatic carbocycles. The second kappa shape index (κ2) is 6.15. The molecule has 3 rings (SSSR count). The van der Waals surface area contributed by atoms with Gasteiger partial charge in [-0.1, -0.05) is 44.9 Å². The van der Waals surface area contributed by atoms with Crippen molar-refractivity contribution in [3.63, 3.8) is 0 Å². The molecule has 2 N–H and O–H groups in total. The van der Waals surface area contributed by atoms with Crippen LogP contribution in [0.4, 0.5) is 0 Å². The fourth-order valence-corrected chi connectivity index (χ4v) is 5.19. The average molecular weight is 292 g/mol. The van der Waals surface area contributed by atoms with Crippen LogP contribution in [0.3, 0.4) is 0 Å². The first kappa shape index (κ1) is 14.5. The molecule has 0 bridgehead atoms. The number of hydrogen-bond acceptors (Lipinski definition) is 3. The van der Waals surface area contributed by atoms with E-state index in [-0.39, 0.29) is 5.54 Å². The van der Waals surface area contributed by atoms with Crippen LogP contribution in [0.25, 0.3) is 0 Å². The Balaban J connectivity index is 1.75. The summed E-state index contributed by atoms with van der Waals surface area (Å²) in [6, 6.07) is 0. The molecule has 112 valence electrons. The van der Waals surface area contributed by atoms with E-state index in [1.807, 2.05) is 0 Å². The molecule has 20 heavy (non-hydrogen) atoms. The van der Waals surface area contributed by atoms with Gasteiger partial charge in [0.2, 0.25) is 0 Å². The van der Waals surface area contributed by atoms with Crippen molar-refractivity contribution in [2.24, 2.45) is 17.6 Å². The third kappa shape index (κ3) is 3.09. The van der Waals surface area contributed by atoms with E-state index in [1.54, 1.807) is 11.3 Å². The van der Waals surface area contributed by atoms with Crippen LogP contribution < -0.4 is 5.73 Å². The smallest absolute Gasteiger partial charge is 0.0897 e. The predicted octanol–water partition coefficient (Wildman–Crippen LogP) is 4.46. The van der Waals surface area contributed by atoms with Crippen LogP contribution in [0.2, 0.25) is 0 Å². The molecule has 1 heterocycles. The van der Waals surface area contributed by atoms with Gasteiger partial charge in [-0.25, -0.2) is 4.98 Å². The number of rotatable bonds is 3. The Morgan fingerprint density at radius 2 is 1.95 bits per heavy atom. The molecule has 0 radical (unpaired) electrons. The highest BCUT2D eigenvalue weighted by molar-refractivity contribution is 7.09. The van der Waals surface area contributed by atoms with Crippen LogP contribution in [-0.2, 0) is 6.42 Å². The lowest BCUT2D eigenvalue weighted by Crippen LogP contribution is -2.53. The summed E-state index contributed by atoms with van der Waals surface area (Å²) in [5, 5.41) is 3.39. The number of aryl methyl sites for hydroxylation is 1. The Morgan fingerprint density at radius 1 is 1.20 bits per heavy atom. The first-order valence-electron chi connectivity index (χ1n) is 8.37. The largest absolute Gasteiger partial charge is 0.324 e. The lowest BCUT2D eigenvalue weighted by molar-refractivity contribution is 0.0989. The molecule has 0 aliphatic heterocycles. The highest BCUT2D eigenvalue weighted by Gasteiger charge is 2.41. The summed E-state index contributed by atoms with van der Waals surface area (Å²) in [4.78, 5) is 4.67. The van der Waals surface area contributed by atoms with Crippen LogP contribution in [0, 0.1) is 18.8 Å². The average Bonchev–Trinajstić information content (AvgIpc) is 2.85. The van der Waals surface area contributed by atoms with Crippen LogP contribution in [0.5, 0.6) is 0 Å². The zero-order chi connectivity index (χ0) is 14.0. The van der Waals surface area contributed by atoms with Crippen LogP contribution in [0.1, 0.15) is 68.5 Å². The van der Waals surface area contributed by atoms with E-state index in [1.165, 1.54) is 68.5 Å². The van der Waals surface area contributed by atoms with Crippen molar-refractivity contribution in [3.05, 3.63) is 16.1 Å². The third-order valence-corrected chi connectivity index (χ3v) is 6.36. The summed E-state index contributed by atoms with van der Waals surface area (Å²) in [6.07, 6.45) is 13.4. The molecule has 2 aliphatic rings. The lowest BCUT2D eigenvalue weighted by atomic mass is 9.63. The van der Waals surface area contributed by atoms with Crippen molar-refractivity contribution >= 4 is 11.3 Å². The number of hydrogen-bond donors (Lipinski definition) is 1. The van der Waals surface area contributed by atoms with Gasteiger partial charge in [-0.15, -0.1) is 11.3 Å². The van der Waals surface area contributed by atoms with Crippen LogP contribution in [0.15, 0.2) is 5.38 Å². The van der Waals surface area contributed by atoms with Gasteiger partial charge in [-0.05, 0) is 31.6 Å². The molecule has 3 heteroatoms. The van der Waals surface area contributed by atoms with Crippen LogP contribution in [-0.4, -0.2) is 10.5 Å². The first-order chi connectivity index (χ1) is 9.67. The molecule has 2 unspecified atom stereocenters. The summed E-state index contributed by atoms with van der Waals surface area (Å²) in [7, 11) is 0. The van der Waals surface area contributed by atoms with Gasteiger partial charge in [0.1, 0.15) is 0 Å². The van der Waals surface area contributed by atoms with E-state index in [0.29, 0.717) is 0 Å². The van der Waals surface area contributed by atoms with Gasteiger partial charge < -0.3 is 5.73 Å². The maximum Gasteiger partial charge on any atom is 0.0897 e. The van der Waals surface area contributed by atoms with Gasteiger partial charge in [0.05, 0.1) is 10.7 Å². The number of thiazole rings is 1. The summed E-state index contributed by atoms with van der Waals surface area (Å²) in [5.41, 5.74) is 8.19. The van der Waals surface area contributed by atoms with E-state index < -0.39 is 0 Å². The molecule has 0 amide bonds. The molecule has 0 aromatic carbocycles. The Labute approximate surface area is 127 Å². The summed E-state index contributed by atoms with van der Waals surface area (Å²) >= 11 is 1.76. The highest BCUT2D eigenvalue weighted by Crippen LogP contribution is 2.44. The summed E-state index contributed by atoms with van der Waals surface area (Å²) < 4.78 is 0. The van der Waals surface area contributed by atoms with E-state index in [2.05, 4.69) is 17.3 Å². The third-order valence-electron chi connectivity index (χ3n) is 5.54. The van der Waals surface area contributed by atoms with Crippen molar-refractivity contribution < 1.29 is 0 Å². The zero-order valence-electron chi connectivity index (χ0n) is 12.7. The van der Waals surface area contributed by atoms with Crippen LogP contribution >= 0.6 is 11.3 Å². The molecule has 0 spiro atoms. The number of aromatic nitrogens is 1. The minimum absolute atomic E-state index is 0.0147. The van der Waals surface area contributed by atoms with Gasteiger partial charge in [-0.3, -0.25) is 0 Å². The van der Waals surface area contributed by atoms with Crippen molar-refractivity contribution in [2.75, 3.05) is 0 Å². The highest BCUT2D eigenvalue weighted by atomic mass is 32.1. The fourth-order valence-electron chi connectivity index (χ4n) is 4.58. The molecule has 2 atom stereocenters. The maximum absolute atomic E-state index is 6.94. The van der Waals surface area contributed by atoms with Crippen molar-refractivity contribution in [3.8, 4) is 0 Å². The topological polar surface area (TPSA) is 38.9 Å². The standard InChI is InChI=1S/C17H28N2S/c1-13-19-15(12-20-13)11-17(18)10-6-5-9-16(17)14-7-3-2-4-8-14/h12,14,16H,2-11,18H2,1H3. The number of nitrogens with two attached hydrogens (primary N) is 1. The van der Waals surface area contributed by atoms with Gasteiger partial charge in [0, 0.05) is 17.3 Å². The van der Waals surface area contributed by atoms with Crippen molar-refractivity contribution in [1.29, 1.82) is 0 Å². The summed E-state index contributed by atoms with van der Waals surface area (Å²) in [5.74, 6) is 1.62. The summed E-state index contributed by atoms with van der Waals surface area (Å²) in [6.45, 7) is 2.09. The molecule has 2 fully saturated rings. The molecule has 2 nitrogen and oxygen atoms in total. The Hall–Kier alpha value is -0.410. The normalized spacial score (nSPS) is 32.4. The Morgan fingerprint density at radius 3 is 2.65 bits per heavy atom. The van der Waals surface area contributed by atoms with Gasteiger partial charge in [-0.2, -0.15) is 0 Å². The van der Waals surface area contributed by atoms with Gasteiger partial charge in [0.15, 0.2) is 0 Å². The minimum Gasteiger partial charge on any atom is -0.324 e. The van der Waals surface area contributed by atoms with E-state index in [4.69, 9.17) is 5.73 Å². The predicted molar refractivity (Wildman–Crippen MR) is 86.0 cm³/mol. The lowest BCUT2D eigenvalue weighted by Gasteiger charge is -2.46. The fraction of sp³-hybridized carbons (Fsp3) is 0.824. The first-order valence-corrected chi connectivity index (χ1v) is 9.25.